The summed E-state index contributed by atoms with van der Waals surface area (Å²) < 4.78 is 27.0. The van der Waals surface area contributed by atoms with E-state index in [0.717, 1.165) is 5.56 Å². The maximum Gasteiger partial charge on any atom is 0.263 e. The minimum atomic E-state index is -3.70. The molecule has 6 nitrogen and oxygen atoms in total. The molecular weight excluding hydrogens is 406 g/mol. The fraction of sp³-hybridized carbons (Fsp3) is 0.111. The van der Waals surface area contributed by atoms with E-state index in [9.17, 15) is 13.2 Å². The largest absolute Gasteiger partial charge is 0.326 e. The Hall–Kier alpha value is -2.42. The molecule has 9 heteroatoms. The summed E-state index contributed by atoms with van der Waals surface area (Å²) in [6, 6.07) is 13.3. The molecule has 3 aromatic rings. The van der Waals surface area contributed by atoms with Gasteiger partial charge >= 0.3 is 0 Å². The van der Waals surface area contributed by atoms with E-state index in [1.807, 2.05) is 12.1 Å². The molecule has 0 bridgehead atoms. The quantitative estimate of drug-likeness (QED) is 0.599. The smallest absolute Gasteiger partial charge is 0.263 e. The minimum absolute atomic E-state index is 0.0943. The summed E-state index contributed by atoms with van der Waals surface area (Å²) in [6.07, 6.45) is 2.42. The average molecular weight is 422 g/mol. The van der Waals surface area contributed by atoms with Gasteiger partial charge in [0.25, 0.3) is 10.0 Å². The Kier molecular flexibility index (Phi) is 6.10. The van der Waals surface area contributed by atoms with E-state index in [1.165, 1.54) is 29.7 Å². The molecule has 1 aromatic heterocycles. The fourth-order valence-electron chi connectivity index (χ4n) is 2.30. The molecule has 2 aromatic carbocycles. The Bertz CT molecular complexity index is 1000. The van der Waals surface area contributed by atoms with E-state index >= 15 is 0 Å². The number of amides is 1. The van der Waals surface area contributed by atoms with Gasteiger partial charge in [-0.2, -0.15) is 0 Å². The number of anilines is 2. The summed E-state index contributed by atoms with van der Waals surface area (Å²) in [5.74, 6) is -0.151. The van der Waals surface area contributed by atoms with E-state index in [4.69, 9.17) is 11.6 Å². The second-order valence-corrected chi connectivity index (χ2v) is 8.66. The zero-order valence-electron chi connectivity index (χ0n) is 14.1. The number of sulfonamides is 1. The summed E-state index contributed by atoms with van der Waals surface area (Å²) >= 11 is 7.03. The van der Waals surface area contributed by atoms with Crippen LogP contribution in [0.25, 0.3) is 0 Å². The van der Waals surface area contributed by atoms with Gasteiger partial charge < -0.3 is 5.32 Å². The van der Waals surface area contributed by atoms with Crippen molar-refractivity contribution in [3.63, 3.8) is 0 Å². The van der Waals surface area contributed by atoms with Gasteiger partial charge in [0.2, 0.25) is 5.91 Å². The first kappa shape index (κ1) is 19.3. The van der Waals surface area contributed by atoms with Crippen LogP contribution < -0.4 is 10.0 Å². The molecule has 27 heavy (non-hydrogen) atoms. The number of hydrogen-bond donors (Lipinski definition) is 2. The van der Waals surface area contributed by atoms with E-state index in [0.29, 0.717) is 28.7 Å². The SMILES string of the molecule is O=C(CCc1ccc(Cl)cc1)Nc1ccc(S(=O)(=O)Nc2nccs2)cc1. The van der Waals surface area contributed by atoms with Crippen LogP contribution in [0.5, 0.6) is 0 Å². The number of carbonyl (C=O) groups is 1. The molecule has 0 fully saturated rings. The van der Waals surface area contributed by atoms with E-state index in [1.54, 1.807) is 29.6 Å². The number of carbonyl (C=O) groups excluding carboxylic acids is 1. The number of benzene rings is 2. The Morgan fingerprint density at radius 2 is 1.78 bits per heavy atom. The van der Waals surface area contributed by atoms with Gasteiger partial charge in [0.05, 0.1) is 4.90 Å². The van der Waals surface area contributed by atoms with Gasteiger partial charge in [-0.05, 0) is 48.4 Å². The van der Waals surface area contributed by atoms with Crippen LogP contribution in [0.4, 0.5) is 10.8 Å². The lowest BCUT2D eigenvalue weighted by Crippen LogP contribution is -2.14. The molecule has 0 aliphatic heterocycles. The first-order valence-corrected chi connectivity index (χ1v) is 10.7. The first-order valence-electron chi connectivity index (χ1n) is 7.99. The average Bonchev–Trinajstić information content (AvgIpc) is 3.14. The monoisotopic (exact) mass is 421 g/mol. The third-order valence-corrected chi connectivity index (χ3v) is 6.08. The number of nitrogens with zero attached hydrogens (tertiary/aromatic N) is 1. The summed E-state index contributed by atoms with van der Waals surface area (Å²) in [6.45, 7) is 0. The van der Waals surface area contributed by atoms with Crippen LogP contribution in [0.15, 0.2) is 65.0 Å². The fourth-order valence-corrected chi connectivity index (χ4v) is 4.21. The number of hydrogen-bond acceptors (Lipinski definition) is 5. The van der Waals surface area contributed by atoms with Gasteiger partial charge in [-0.15, -0.1) is 11.3 Å². The molecule has 0 saturated carbocycles. The molecule has 0 spiro atoms. The van der Waals surface area contributed by atoms with Crippen LogP contribution in [0, 0.1) is 0 Å². The molecule has 0 aliphatic rings. The van der Waals surface area contributed by atoms with Crippen molar-refractivity contribution in [1.82, 2.24) is 4.98 Å². The summed E-state index contributed by atoms with van der Waals surface area (Å²) in [7, 11) is -3.70. The summed E-state index contributed by atoms with van der Waals surface area (Å²) in [4.78, 5) is 16.1. The van der Waals surface area contributed by atoms with E-state index in [2.05, 4.69) is 15.0 Å². The Balaban J connectivity index is 1.56. The normalized spacial score (nSPS) is 11.1. The number of thiazole rings is 1. The predicted octanol–water partition coefficient (Wildman–Crippen LogP) is 4.17. The van der Waals surface area contributed by atoms with Gasteiger partial charge in [-0.3, -0.25) is 9.52 Å². The molecule has 1 amide bonds. The first-order chi connectivity index (χ1) is 12.9. The molecule has 0 radical (unpaired) electrons. The van der Waals surface area contributed by atoms with E-state index in [-0.39, 0.29) is 10.8 Å². The van der Waals surface area contributed by atoms with Crippen molar-refractivity contribution < 1.29 is 13.2 Å². The summed E-state index contributed by atoms with van der Waals surface area (Å²) in [5, 5.41) is 5.39. The van der Waals surface area contributed by atoms with Crippen LogP contribution in [0.3, 0.4) is 0 Å². The molecule has 0 aliphatic carbocycles. The van der Waals surface area contributed by atoms with Gasteiger partial charge in [0.1, 0.15) is 0 Å². The summed E-state index contributed by atoms with van der Waals surface area (Å²) in [5.41, 5.74) is 1.55. The minimum Gasteiger partial charge on any atom is -0.326 e. The van der Waals surface area contributed by atoms with Crippen LogP contribution in [0.1, 0.15) is 12.0 Å². The number of aryl methyl sites for hydroxylation is 1. The zero-order valence-corrected chi connectivity index (χ0v) is 16.4. The Morgan fingerprint density at radius 3 is 2.41 bits per heavy atom. The maximum absolute atomic E-state index is 12.3. The van der Waals surface area contributed by atoms with Crippen molar-refractivity contribution >= 4 is 49.7 Å². The molecule has 140 valence electrons. The lowest BCUT2D eigenvalue weighted by Gasteiger charge is -2.08. The number of halogens is 1. The van der Waals surface area contributed by atoms with Crippen molar-refractivity contribution in [2.45, 2.75) is 17.7 Å². The van der Waals surface area contributed by atoms with Crippen LogP contribution in [0.2, 0.25) is 5.02 Å². The molecule has 0 atom stereocenters. The van der Waals surface area contributed by atoms with Gasteiger partial charge in [0.15, 0.2) is 5.13 Å². The van der Waals surface area contributed by atoms with Crippen LogP contribution >= 0.6 is 22.9 Å². The van der Waals surface area contributed by atoms with Crippen molar-refractivity contribution in [2.75, 3.05) is 10.0 Å². The molecular formula is C18H16ClN3O3S2. The number of rotatable bonds is 7. The molecule has 0 saturated heterocycles. The van der Waals surface area contributed by atoms with Gasteiger partial charge in [-0.25, -0.2) is 13.4 Å². The molecule has 0 unspecified atom stereocenters. The Morgan fingerprint density at radius 1 is 1.07 bits per heavy atom. The lowest BCUT2D eigenvalue weighted by molar-refractivity contribution is -0.116. The van der Waals surface area contributed by atoms with Gasteiger partial charge in [-0.1, -0.05) is 23.7 Å². The predicted molar refractivity (Wildman–Crippen MR) is 108 cm³/mol. The van der Waals surface area contributed by atoms with Crippen molar-refractivity contribution in [3.05, 3.63) is 70.7 Å². The van der Waals surface area contributed by atoms with Crippen LogP contribution in [-0.2, 0) is 21.2 Å². The third kappa shape index (κ3) is 5.53. The van der Waals surface area contributed by atoms with Crippen molar-refractivity contribution in [3.8, 4) is 0 Å². The van der Waals surface area contributed by atoms with Crippen molar-refractivity contribution in [2.24, 2.45) is 0 Å². The lowest BCUT2D eigenvalue weighted by atomic mass is 10.1. The molecule has 1 heterocycles. The van der Waals surface area contributed by atoms with E-state index < -0.39 is 10.0 Å². The highest BCUT2D eigenvalue weighted by Crippen LogP contribution is 2.20. The number of aromatic nitrogens is 1. The number of nitrogens with one attached hydrogen (secondary N) is 2. The maximum atomic E-state index is 12.3. The zero-order chi connectivity index (χ0) is 19.3. The van der Waals surface area contributed by atoms with Gasteiger partial charge in [0, 0.05) is 28.7 Å². The second kappa shape index (κ2) is 8.51. The Labute approximate surface area is 166 Å². The second-order valence-electron chi connectivity index (χ2n) is 5.64. The van der Waals surface area contributed by atoms with Crippen molar-refractivity contribution in [1.29, 1.82) is 0 Å². The van der Waals surface area contributed by atoms with Crippen LogP contribution in [-0.4, -0.2) is 19.3 Å². The molecule has 3 rings (SSSR count). The highest BCUT2D eigenvalue weighted by atomic mass is 35.5. The standard InChI is InChI=1S/C18H16ClN3O3S2/c19-14-4-1-13(2-5-14)3-10-17(23)21-15-6-8-16(9-7-15)27(24,25)22-18-20-11-12-26-18/h1-2,4-9,11-12H,3,10H2,(H,20,22)(H,21,23). The topological polar surface area (TPSA) is 88.2 Å². The highest BCUT2D eigenvalue weighted by Gasteiger charge is 2.15. The highest BCUT2D eigenvalue weighted by molar-refractivity contribution is 7.93. The third-order valence-electron chi connectivity index (χ3n) is 3.66. The molecule has 2 N–H and O–H groups in total.